The summed E-state index contributed by atoms with van der Waals surface area (Å²) < 4.78 is 6.63. The minimum Gasteiger partial charge on any atom is -0.468 e. The van der Waals surface area contributed by atoms with Gasteiger partial charge in [0.1, 0.15) is 18.2 Å². The average molecular weight is 254 g/mol. The number of hydrogen-bond acceptors (Lipinski definition) is 5. The van der Waals surface area contributed by atoms with E-state index in [1.165, 1.54) is 13.4 Å². The molecule has 0 aliphatic heterocycles. The highest BCUT2D eigenvalue weighted by Crippen LogP contribution is 2.22. The molecule has 6 heteroatoms. The third kappa shape index (κ3) is 3.53. The summed E-state index contributed by atoms with van der Waals surface area (Å²) in [6.45, 7) is 7.85. The molecule has 1 aromatic rings. The molecule has 0 radical (unpaired) electrons. The fourth-order valence-corrected chi connectivity index (χ4v) is 2.19. The van der Waals surface area contributed by atoms with E-state index in [0.717, 1.165) is 0 Å². The molecule has 0 aliphatic carbocycles. The number of aromatic nitrogens is 3. The highest BCUT2D eigenvalue weighted by molar-refractivity contribution is 5.80. The van der Waals surface area contributed by atoms with Gasteiger partial charge in [0.15, 0.2) is 0 Å². The second-order valence-electron chi connectivity index (χ2n) is 5.05. The van der Waals surface area contributed by atoms with E-state index in [9.17, 15) is 4.79 Å². The molecule has 0 saturated carbocycles. The third-order valence-corrected chi connectivity index (χ3v) is 2.84. The highest BCUT2D eigenvalue weighted by atomic mass is 16.5. The van der Waals surface area contributed by atoms with Crippen molar-refractivity contribution in [3.05, 3.63) is 12.7 Å². The average Bonchev–Trinajstić information content (AvgIpc) is 2.79. The van der Waals surface area contributed by atoms with Gasteiger partial charge in [-0.3, -0.25) is 14.8 Å². The first-order valence-corrected chi connectivity index (χ1v) is 6.09. The summed E-state index contributed by atoms with van der Waals surface area (Å²) in [5, 5.41) is 7.35. The number of rotatable bonds is 6. The smallest absolute Gasteiger partial charge is 0.325 e. The van der Waals surface area contributed by atoms with Gasteiger partial charge in [-0.15, -0.1) is 0 Å². The molecule has 1 aromatic heterocycles. The van der Waals surface area contributed by atoms with E-state index >= 15 is 0 Å². The van der Waals surface area contributed by atoms with Crippen LogP contribution in [0, 0.1) is 0 Å². The van der Waals surface area contributed by atoms with E-state index in [1.54, 1.807) is 11.0 Å². The number of esters is 1. The van der Waals surface area contributed by atoms with Crippen molar-refractivity contribution < 1.29 is 9.53 Å². The second-order valence-corrected chi connectivity index (χ2v) is 5.05. The maximum Gasteiger partial charge on any atom is 0.325 e. The number of nitrogens with one attached hydrogen (secondary N) is 1. The van der Waals surface area contributed by atoms with Gasteiger partial charge in [0.05, 0.1) is 13.2 Å². The zero-order valence-corrected chi connectivity index (χ0v) is 11.7. The van der Waals surface area contributed by atoms with Crippen molar-refractivity contribution in [1.29, 1.82) is 0 Å². The Morgan fingerprint density at radius 2 is 2.17 bits per heavy atom. The minimum absolute atomic E-state index is 0.0582. The van der Waals surface area contributed by atoms with Crippen LogP contribution in [0.15, 0.2) is 12.7 Å². The van der Waals surface area contributed by atoms with Gasteiger partial charge in [-0.25, -0.2) is 4.98 Å². The van der Waals surface area contributed by atoms with Gasteiger partial charge < -0.3 is 4.74 Å². The Labute approximate surface area is 108 Å². The molecular formula is C12H22N4O2. The first-order valence-electron chi connectivity index (χ1n) is 6.09. The molecule has 0 fully saturated rings. The lowest BCUT2D eigenvalue weighted by atomic mass is 9.92. The summed E-state index contributed by atoms with van der Waals surface area (Å²) in [5.74, 6) is -0.261. The topological polar surface area (TPSA) is 69.0 Å². The Balaban J connectivity index is 2.81. The molecule has 102 valence electrons. The van der Waals surface area contributed by atoms with Crippen LogP contribution in [0.2, 0.25) is 0 Å². The summed E-state index contributed by atoms with van der Waals surface area (Å²) in [4.78, 5) is 15.9. The Kier molecular flexibility index (Phi) is 4.84. The van der Waals surface area contributed by atoms with Crippen molar-refractivity contribution in [1.82, 2.24) is 20.1 Å². The standard InChI is InChI=1S/C12H22N4O2/c1-9(2)15-12(4,11(17)18-5)6-10(3)16-8-13-7-14-16/h7-10,15H,6H2,1-5H3. The zero-order valence-electron chi connectivity index (χ0n) is 11.7. The van der Waals surface area contributed by atoms with Gasteiger partial charge in [0, 0.05) is 6.04 Å². The van der Waals surface area contributed by atoms with Crippen molar-refractivity contribution in [3.63, 3.8) is 0 Å². The molecule has 6 nitrogen and oxygen atoms in total. The SMILES string of the molecule is COC(=O)C(C)(CC(C)n1cncn1)NC(C)C. The molecular weight excluding hydrogens is 232 g/mol. The van der Waals surface area contributed by atoms with Gasteiger partial charge in [0.2, 0.25) is 0 Å². The molecule has 0 aliphatic rings. The zero-order chi connectivity index (χ0) is 13.8. The van der Waals surface area contributed by atoms with Crippen LogP contribution in [0.5, 0.6) is 0 Å². The Bertz CT molecular complexity index is 377. The van der Waals surface area contributed by atoms with E-state index in [-0.39, 0.29) is 18.1 Å². The molecule has 2 atom stereocenters. The quantitative estimate of drug-likeness (QED) is 0.771. The lowest BCUT2D eigenvalue weighted by Gasteiger charge is -2.32. The summed E-state index contributed by atoms with van der Waals surface area (Å²) in [6, 6.07) is 0.250. The van der Waals surface area contributed by atoms with Crippen LogP contribution in [0.3, 0.4) is 0 Å². The van der Waals surface area contributed by atoms with Crippen LogP contribution >= 0.6 is 0 Å². The van der Waals surface area contributed by atoms with Gasteiger partial charge in [0.25, 0.3) is 0 Å². The van der Waals surface area contributed by atoms with Crippen LogP contribution in [-0.4, -0.2) is 39.4 Å². The fourth-order valence-electron chi connectivity index (χ4n) is 2.19. The number of carbonyl (C=O) groups excluding carboxylic acids is 1. The van der Waals surface area contributed by atoms with Crippen molar-refractivity contribution in [3.8, 4) is 0 Å². The van der Waals surface area contributed by atoms with E-state index < -0.39 is 5.54 Å². The van der Waals surface area contributed by atoms with E-state index in [0.29, 0.717) is 6.42 Å². The fraction of sp³-hybridized carbons (Fsp3) is 0.750. The first kappa shape index (κ1) is 14.6. The van der Waals surface area contributed by atoms with Crippen LogP contribution in [0.4, 0.5) is 0 Å². The maximum atomic E-state index is 11.9. The lowest BCUT2D eigenvalue weighted by molar-refractivity contribution is -0.149. The van der Waals surface area contributed by atoms with Gasteiger partial charge in [-0.2, -0.15) is 5.10 Å². The van der Waals surface area contributed by atoms with Crippen LogP contribution in [0.25, 0.3) is 0 Å². The molecule has 0 saturated heterocycles. The van der Waals surface area contributed by atoms with Gasteiger partial charge in [-0.05, 0) is 34.1 Å². The molecule has 18 heavy (non-hydrogen) atoms. The Morgan fingerprint density at radius 1 is 1.50 bits per heavy atom. The number of nitrogens with zero attached hydrogens (tertiary/aromatic N) is 3. The number of hydrogen-bond donors (Lipinski definition) is 1. The molecule has 0 aromatic carbocycles. The predicted octanol–water partition coefficient (Wildman–Crippen LogP) is 1.16. The second kappa shape index (κ2) is 5.95. The number of carbonyl (C=O) groups is 1. The Morgan fingerprint density at radius 3 is 2.61 bits per heavy atom. The number of ether oxygens (including phenoxy) is 1. The van der Waals surface area contributed by atoms with Crippen LogP contribution < -0.4 is 5.32 Å². The summed E-state index contributed by atoms with van der Waals surface area (Å²) in [5.41, 5.74) is -0.728. The van der Waals surface area contributed by atoms with Crippen molar-refractivity contribution in [2.24, 2.45) is 0 Å². The monoisotopic (exact) mass is 254 g/mol. The third-order valence-electron chi connectivity index (χ3n) is 2.84. The molecule has 0 bridgehead atoms. The predicted molar refractivity (Wildman–Crippen MR) is 68.0 cm³/mol. The van der Waals surface area contributed by atoms with Crippen molar-refractivity contribution >= 4 is 5.97 Å². The summed E-state index contributed by atoms with van der Waals surface area (Å²) >= 11 is 0. The molecule has 1 heterocycles. The van der Waals surface area contributed by atoms with Gasteiger partial charge in [-0.1, -0.05) is 0 Å². The summed E-state index contributed by atoms with van der Waals surface area (Å²) in [7, 11) is 1.41. The van der Waals surface area contributed by atoms with E-state index in [4.69, 9.17) is 4.74 Å². The highest BCUT2D eigenvalue weighted by Gasteiger charge is 2.36. The van der Waals surface area contributed by atoms with Crippen molar-refractivity contribution in [2.75, 3.05) is 7.11 Å². The van der Waals surface area contributed by atoms with Gasteiger partial charge >= 0.3 is 5.97 Å². The largest absolute Gasteiger partial charge is 0.468 e. The van der Waals surface area contributed by atoms with E-state index in [1.807, 2.05) is 27.7 Å². The maximum absolute atomic E-state index is 11.9. The summed E-state index contributed by atoms with van der Waals surface area (Å²) in [6.07, 6.45) is 3.72. The van der Waals surface area contributed by atoms with Crippen LogP contribution in [-0.2, 0) is 9.53 Å². The molecule has 0 amide bonds. The first-order chi connectivity index (χ1) is 8.39. The normalized spacial score (nSPS) is 16.3. The number of methoxy groups -OCH3 is 1. The minimum atomic E-state index is -0.728. The molecule has 2 unspecified atom stereocenters. The van der Waals surface area contributed by atoms with E-state index in [2.05, 4.69) is 15.4 Å². The molecule has 1 rings (SSSR count). The molecule has 0 spiro atoms. The Hall–Kier alpha value is -1.43. The lowest BCUT2D eigenvalue weighted by Crippen LogP contribution is -2.54. The van der Waals surface area contributed by atoms with Crippen molar-refractivity contribution in [2.45, 2.75) is 51.7 Å². The van der Waals surface area contributed by atoms with Crippen LogP contribution in [0.1, 0.15) is 40.2 Å². The molecule has 1 N–H and O–H groups in total.